The van der Waals surface area contributed by atoms with Gasteiger partial charge in [-0.3, -0.25) is 9.59 Å². The number of fused-ring (bicyclic) bond motifs is 4. The third-order valence-corrected chi connectivity index (χ3v) is 13.7. The van der Waals surface area contributed by atoms with Gasteiger partial charge in [-0.15, -0.1) is 0 Å². The van der Waals surface area contributed by atoms with E-state index in [4.69, 9.17) is 18.9 Å². The van der Waals surface area contributed by atoms with Crippen molar-refractivity contribution in [3.63, 3.8) is 0 Å². The number of esters is 2. The van der Waals surface area contributed by atoms with Crippen molar-refractivity contribution in [2.75, 3.05) is 71.9 Å². The molecule has 2 fully saturated rings. The minimum atomic E-state index is -3.68. The van der Waals surface area contributed by atoms with Crippen molar-refractivity contribution >= 4 is 27.6 Å². The van der Waals surface area contributed by atoms with Crippen molar-refractivity contribution < 1.29 is 52.0 Å². The molecule has 54 heavy (non-hydrogen) atoms. The lowest BCUT2D eigenvalue weighted by atomic mass is 9.53. The number of sulfone groups is 1. The molecule has 1 saturated carbocycles. The molecule has 4 aliphatic rings. The molecule has 1 aromatic carbocycles. The van der Waals surface area contributed by atoms with E-state index in [2.05, 4.69) is 25.7 Å². The molecule has 1 aromatic rings. The van der Waals surface area contributed by atoms with Gasteiger partial charge in [-0.2, -0.15) is 0 Å². The lowest BCUT2D eigenvalue weighted by molar-refractivity contribution is -0.151. The number of carbonyl (C=O) groups is 3. The van der Waals surface area contributed by atoms with Crippen LogP contribution in [0, 0.1) is 22.7 Å². The zero-order valence-electron chi connectivity index (χ0n) is 32.2. The second-order valence-corrected chi connectivity index (χ2v) is 17.2. The molecule has 5 rings (SSSR count). The minimum absolute atomic E-state index is 0.0263. The Morgan fingerprint density at radius 2 is 1.72 bits per heavy atom. The number of carbonyl (C=O) groups excluding carboxylic acids is 3. The number of hydrogen-bond acceptors (Lipinski definition) is 13. The highest BCUT2D eigenvalue weighted by atomic mass is 32.2. The van der Waals surface area contributed by atoms with E-state index in [1.165, 1.54) is 6.92 Å². The molecule has 5 unspecified atom stereocenters. The van der Waals surface area contributed by atoms with Crippen molar-refractivity contribution in [3.8, 4) is 0 Å². The molecule has 3 aliphatic carbocycles. The van der Waals surface area contributed by atoms with E-state index in [1.807, 2.05) is 11.8 Å². The van der Waals surface area contributed by atoms with E-state index in [0.29, 0.717) is 42.5 Å². The summed E-state index contributed by atoms with van der Waals surface area (Å²) in [5.74, 6) is -2.03. The highest BCUT2D eigenvalue weighted by Gasteiger charge is 2.61. The number of benzene rings is 1. The van der Waals surface area contributed by atoms with Crippen molar-refractivity contribution in [2.24, 2.45) is 22.7 Å². The van der Waals surface area contributed by atoms with E-state index in [1.54, 1.807) is 36.5 Å². The van der Waals surface area contributed by atoms with Crippen LogP contribution in [0.2, 0.25) is 0 Å². The predicted octanol–water partition coefficient (Wildman–Crippen LogP) is 3.42. The highest BCUT2D eigenvalue weighted by Crippen LogP contribution is 2.63. The molecule has 0 radical (unpaired) electrons. The molecule has 2 N–H and O–H groups in total. The first kappa shape index (κ1) is 41.8. The fourth-order valence-corrected chi connectivity index (χ4v) is 10.5. The maximum Gasteiger partial charge on any atom is 0.339 e. The van der Waals surface area contributed by atoms with Crippen LogP contribution in [0.5, 0.6) is 0 Å². The SMILES string of the molecule is CCN(CC)CCCN(/C=C1\C(=O)OCC2(C)C1=C(COCO)C(=O)C1=C2C(OC(C)=O)CC2(C)C(COCO)CCC12)CCS(=O)(=O)c1ccccc1. The smallest absolute Gasteiger partial charge is 0.339 e. The molecule has 1 heterocycles. The molecule has 298 valence electrons. The molecule has 0 bridgehead atoms. The van der Waals surface area contributed by atoms with Crippen LogP contribution in [0.25, 0.3) is 0 Å². The number of allylic oxidation sites excluding steroid dienone is 1. The predicted molar refractivity (Wildman–Crippen MR) is 199 cm³/mol. The monoisotopic (exact) mass is 772 g/mol. The number of aliphatic hydroxyl groups is 2. The molecule has 0 spiro atoms. The van der Waals surface area contributed by atoms with Gasteiger partial charge < -0.3 is 39.0 Å². The number of ketones is 1. The van der Waals surface area contributed by atoms with Crippen LogP contribution in [0.15, 0.2) is 69.3 Å². The number of Topliss-reactive ketones (excluding diaryl/α,β-unsaturated/α-hetero) is 1. The summed E-state index contributed by atoms with van der Waals surface area (Å²) in [7, 11) is -3.68. The Labute approximate surface area is 318 Å². The van der Waals surface area contributed by atoms with E-state index >= 15 is 0 Å². The van der Waals surface area contributed by atoms with Crippen LogP contribution in [0.3, 0.4) is 0 Å². The summed E-state index contributed by atoms with van der Waals surface area (Å²) >= 11 is 0. The summed E-state index contributed by atoms with van der Waals surface area (Å²) in [6, 6.07) is 8.21. The van der Waals surface area contributed by atoms with Crippen LogP contribution >= 0.6 is 0 Å². The second kappa shape index (κ2) is 17.6. The topological polar surface area (TPSA) is 169 Å². The lowest BCUT2D eigenvalue weighted by Gasteiger charge is -2.53. The first-order chi connectivity index (χ1) is 25.7. The number of cyclic esters (lactones) is 1. The van der Waals surface area contributed by atoms with Gasteiger partial charge in [0.05, 0.1) is 34.9 Å². The molecule has 5 atom stereocenters. The Balaban J connectivity index is 1.63. The van der Waals surface area contributed by atoms with Gasteiger partial charge in [0.1, 0.15) is 26.3 Å². The first-order valence-electron chi connectivity index (χ1n) is 19.0. The van der Waals surface area contributed by atoms with E-state index in [0.717, 1.165) is 26.1 Å². The number of ether oxygens (including phenoxy) is 4. The van der Waals surface area contributed by atoms with E-state index in [9.17, 15) is 33.0 Å². The Morgan fingerprint density at radius 1 is 1.02 bits per heavy atom. The molecule has 1 aliphatic heterocycles. The van der Waals surface area contributed by atoms with Gasteiger partial charge in [0.2, 0.25) is 0 Å². The van der Waals surface area contributed by atoms with E-state index in [-0.39, 0.29) is 65.8 Å². The van der Waals surface area contributed by atoms with Gasteiger partial charge in [-0.1, -0.05) is 39.0 Å². The molecular weight excluding hydrogens is 717 g/mol. The Kier molecular flexibility index (Phi) is 13.6. The maximum atomic E-state index is 15.0. The van der Waals surface area contributed by atoms with Crippen molar-refractivity contribution in [1.29, 1.82) is 0 Å². The molecular formula is C40H56N2O11S. The highest BCUT2D eigenvalue weighted by molar-refractivity contribution is 7.91. The van der Waals surface area contributed by atoms with Gasteiger partial charge >= 0.3 is 11.9 Å². The lowest BCUT2D eigenvalue weighted by Crippen LogP contribution is -2.53. The molecule has 14 heteroatoms. The molecule has 0 amide bonds. The second-order valence-electron chi connectivity index (χ2n) is 15.1. The van der Waals surface area contributed by atoms with Crippen LogP contribution in [0.4, 0.5) is 0 Å². The van der Waals surface area contributed by atoms with Gasteiger partial charge in [-0.25, -0.2) is 13.2 Å². The Hall–Kier alpha value is -3.40. The van der Waals surface area contributed by atoms with Crippen LogP contribution in [-0.4, -0.2) is 124 Å². The van der Waals surface area contributed by atoms with Crippen LogP contribution in [-0.2, 0) is 43.2 Å². The first-order valence-corrected chi connectivity index (χ1v) is 20.6. The standard InChI is InChI=1S/C40H56N2O11S/c1-6-41(7-2)16-11-17-42(18-19-54(48,49)29-12-9-8-10-13-29)21-30-35-31(23-51-26-44)37(46)34-32-15-14-28(22-50-25-43)39(32,4)20-33(53-27(3)45)36(34)40(35,5)24-52-38(30)47/h8-10,12-13,21,28,32-33,43-44H,6-7,11,14-20,22-26H2,1-5H3/b30-21-. The molecule has 13 nitrogen and oxygen atoms in total. The summed E-state index contributed by atoms with van der Waals surface area (Å²) in [6.45, 7) is 11.1. The summed E-state index contributed by atoms with van der Waals surface area (Å²) in [4.78, 5) is 45.9. The maximum absolute atomic E-state index is 15.0. The third kappa shape index (κ3) is 8.38. The summed E-state index contributed by atoms with van der Waals surface area (Å²) in [5.41, 5.74) is 0.123. The van der Waals surface area contributed by atoms with Gasteiger partial charge in [0, 0.05) is 37.4 Å². The zero-order valence-corrected chi connectivity index (χ0v) is 33.0. The normalized spacial score (nSPS) is 27.6. The van der Waals surface area contributed by atoms with E-state index < -0.39 is 52.3 Å². The van der Waals surface area contributed by atoms with Gasteiger partial charge in [0.25, 0.3) is 0 Å². The summed E-state index contributed by atoms with van der Waals surface area (Å²) in [6.07, 6.45) is 3.25. The number of rotatable bonds is 18. The molecule has 0 aromatic heterocycles. The fourth-order valence-electron chi connectivity index (χ4n) is 9.25. The largest absolute Gasteiger partial charge is 0.461 e. The molecule has 1 saturated heterocycles. The van der Waals surface area contributed by atoms with Crippen molar-refractivity contribution in [2.45, 2.75) is 71.3 Å². The van der Waals surface area contributed by atoms with Crippen molar-refractivity contribution in [1.82, 2.24) is 9.80 Å². The van der Waals surface area contributed by atoms with Gasteiger partial charge in [-0.05, 0) is 92.8 Å². The number of aliphatic hydroxyl groups excluding tert-OH is 2. The minimum Gasteiger partial charge on any atom is -0.461 e. The third-order valence-electron chi connectivity index (χ3n) is 12.0. The number of hydrogen-bond donors (Lipinski definition) is 2. The average Bonchev–Trinajstić information content (AvgIpc) is 3.47. The summed E-state index contributed by atoms with van der Waals surface area (Å²) in [5, 5.41) is 19.2. The Bertz CT molecular complexity index is 1750. The fraction of sp³-hybridized carbons (Fsp3) is 0.625. The average molecular weight is 773 g/mol. The van der Waals surface area contributed by atoms with Crippen LogP contribution < -0.4 is 0 Å². The quantitative estimate of drug-likeness (QED) is 0.127. The summed E-state index contributed by atoms with van der Waals surface area (Å²) < 4.78 is 49.8. The Morgan fingerprint density at radius 3 is 2.37 bits per heavy atom. The van der Waals surface area contributed by atoms with Crippen molar-refractivity contribution in [3.05, 3.63) is 64.4 Å². The van der Waals surface area contributed by atoms with Gasteiger partial charge in [0.15, 0.2) is 15.6 Å². The zero-order chi connectivity index (χ0) is 39.3. The number of nitrogens with zero attached hydrogens (tertiary/aromatic N) is 2. The van der Waals surface area contributed by atoms with Crippen LogP contribution in [0.1, 0.15) is 60.3 Å².